The normalized spacial score (nSPS) is 25.9. The molecule has 228 valence electrons. The van der Waals surface area contributed by atoms with Crippen LogP contribution in [-0.4, -0.2) is 104 Å². The van der Waals surface area contributed by atoms with Crippen molar-refractivity contribution in [3.05, 3.63) is 63.2 Å². The van der Waals surface area contributed by atoms with Crippen molar-refractivity contribution in [2.24, 2.45) is 4.99 Å². The minimum atomic E-state index is -4.75. The lowest BCUT2D eigenvalue weighted by Crippen LogP contribution is -2.59. The molecule has 3 atom stereocenters. The summed E-state index contributed by atoms with van der Waals surface area (Å²) in [7, 11) is 0. The molecule has 4 heterocycles. The van der Waals surface area contributed by atoms with Crippen LogP contribution in [0.1, 0.15) is 22.3 Å². The number of dihydropyridines is 1. The zero-order chi connectivity index (χ0) is 30.5. The number of morpholine rings is 1. The number of carbonyl (C=O) groups is 3. The molecular weight excluding hydrogens is 638 g/mol. The van der Waals surface area contributed by atoms with Crippen LogP contribution in [0.2, 0.25) is 0 Å². The maximum atomic E-state index is 14.4. The second-order valence-corrected chi connectivity index (χ2v) is 11.9. The summed E-state index contributed by atoms with van der Waals surface area (Å²) in [6.45, 7) is 3.26. The predicted octanol–water partition coefficient (Wildman–Crippen LogP) is 3.06. The molecule has 0 radical (unpaired) electrons. The largest absolute Gasteiger partial charge is 0.418 e. The first-order valence-corrected chi connectivity index (χ1v) is 14.7. The lowest BCUT2D eigenvalue weighted by atomic mass is 9.91. The van der Waals surface area contributed by atoms with Crippen molar-refractivity contribution in [1.82, 2.24) is 15.1 Å². The number of nitrogens with zero attached hydrogens (tertiary/aromatic N) is 4. The Morgan fingerprint density at radius 1 is 1.12 bits per heavy atom. The van der Waals surface area contributed by atoms with E-state index in [1.165, 1.54) is 29.2 Å². The van der Waals surface area contributed by atoms with Crippen molar-refractivity contribution in [2.75, 3.05) is 57.4 Å². The number of piperazine rings is 1. The van der Waals surface area contributed by atoms with Crippen LogP contribution in [0.25, 0.3) is 0 Å². The van der Waals surface area contributed by atoms with Crippen LogP contribution in [0.4, 0.5) is 23.2 Å². The van der Waals surface area contributed by atoms with Gasteiger partial charge in [0.25, 0.3) is 17.7 Å². The van der Waals surface area contributed by atoms with E-state index in [1.807, 2.05) is 0 Å². The molecule has 0 bridgehead atoms. The Morgan fingerprint density at radius 2 is 1.93 bits per heavy atom. The maximum Gasteiger partial charge on any atom is 0.418 e. The third-order valence-electron chi connectivity index (χ3n) is 8.29. The summed E-state index contributed by atoms with van der Waals surface area (Å²) >= 11 is 3.17. The molecule has 6 rings (SSSR count). The number of nitrogens with one attached hydrogen (secondary N) is 1. The van der Waals surface area contributed by atoms with E-state index in [-0.39, 0.29) is 58.1 Å². The average molecular weight is 666 g/mol. The second kappa shape index (κ2) is 11.6. The van der Waals surface area contributed by atoms with Gasteiger partial charge in [0.15, 0.2) is 6.17 Å². The summed E-state index contributed by atoms with van der Waals surface area (Å²) in [5.74, 6) is -1.93. The number of rotatable bonds is 4. The number of hydrogen-bond donors (Lipinski definition) is 1. The molecule has 0 spiro atoms. The Hall–Kier alpha value is -3.36. The molecule has 3 amide bonds. The summed E-state index contributed by atoms with van der Waals surface area (Å²) < 4.78 is 63.2. The zero-order valence-corrected chi connectivity index (χ0v) is 24.5. The number of amides is 3. The molecule has 1 aromatic carbocycles. The van der Waals surface area contributed by atoms with Crippen molar-refractivity contribution >= 4 is 45.1 Å². The van der Waals surface area contributed by atoms with E-state index in [9.17, 15) is 31.9 Å². The lowest BCUT2D eigenvalue weighted by molar-refractivity contribution is -0.137. The van der Waals surface area contributed by atoms with Crippen LogP contribution in [-0.2, 0) is 20.5 Å². The number of halogens is 5. The van der Waals surface area contributed by atoms with Gasteiger partial charge in [-0.15, -0.1) is 0 Å². The summed E-state index contributed by atoms with van der Waals surface area (Å²) in [6, 6.07) is 1.76. The number of aliphatic imine (C=N–C) groups is 1. The Balaban J connectivity index is 1.24. The van der Waals surface area contributed by atoms with Gasteiger partial charge in [0, 0.05) is 61.4 Å². The number of alkyl halides is 4. The molecular formula is C29H28BrF4N5O4. The van der Waals surface area contributed by atoms with Gasteiger partial charge in [0.05, 0.1) is 47.4 Å². The molecule has 1 aliphatic carbocycles. The van der Waals surface area contributed by atoms with Crippen LogP contribution in [0.3, 0.4) is 0 Å². The van der Waals surface area contributed by atoms with Gasteiger partial charge >= 0.3 is 6.18 Å². The highest BCUT2D eigenvalue weighted by atomic mass is 79.9. The van der Waals surface area contributed by atoms with Crippen molar-refractivity contribution < 1.29 is 36.7 Å². The first-order chi connectivity index (χ1) is 20.5. The first kappa shape index (κ1) is 29.7. The Labute approximate surface area is 253 Å². The van der Waals surface area contributed by atoms with E-state index < -0.39 is 41.7 Å². The molecule has 0 aromatic heterocycles. The minimum absolute atomic E-state index is 0.00612. The van der Waals surface area contributed by atoms with Crippen molar-refractivity contribution in [3.8, 4) is 0 Å². The molecule has 5 aliphatic rings. The molecule has 2 unspecified atom stereocenters. The third kappa shape index (κ3) is 5.92. The maximum absolute atomic E-state index is 14.4. The summed E-state index contributed by atoms with van der Waals surface area (Å²) in [5, 5.41) is 2.78. The fourth-order valence-corrected chi connectivity index (χ4v) is 6.69. The minimum Gasteiger partial charge on any atom is -0.378 e. The first-order valence-electron chi connectivity index (χ1n) is 13.9. The summed E-state index contributed by atoms with van der Waals surface area (Å²) in [5.41, 5.74) is -1.28. The van der Waals surface area contributed by atoms with Crippen LogP contribution < -0.4 is 10.2 Å². The second-order valence-electron chi connectivity index (χ2n) is 11.0. The number of ether oxygens (including phenoxy) is 1. The van der Waals surface area contributed by atoms with Crippen molar-refractivity contribution in [2.45, 2.75) is 30.9 Å². The number of anilines is 1. The molecule has 1 aromatic rings. The van der Waals surface area contributed by atoms with E-state index in [0.717, 1.165) is 18.7 Å². The fourth-order valence-electron chi connectivity index (χ4n) is 6.23. The highest BCUT2D eigenvalue weighted by Crippen LogP contribution is 2.42. The zero-order valence-electron chi connectivity index (χ0n) is 22.9. The van der Waals surface area contributed by atoms with Gasteiger partial charge < -0.3 is 19.9 Å². The standard InChI is InChI=1S/C29H28BrF4N5O4/c30-16-10-21(28(42)39-7-6-37-8-9-43-15-18(37)14-39)26(22(11-16)29(32,33)34)38-5-4-17(13-38)35-27(41)20-12-24(40)36-25-19(20)2-1-3-23(25)31/h1-3,10-12,17-18,23H,4-9,13-15H2,(H,35,41)/t17-,18?,23?/m1/s1. The van der Waals surface area contributed by atoms with Crippen LogP contribution in [0.5, 0.6) is 0 Å². The molecule has 3 fully saturated rings. The van der Waals surface area contributed by atoms with Gasteiger partial charge in [-0.1, -0.05) is 28.1 Å². The highest BCUT2D eigenvalue weighted by molar-refractivity contribution is 9.10. The molecule has 14 heteroatoms. The van der Waals surface area contributed by atoms with Gasteiger partial charge in [0.1, 0.15) is 0 Å². The number of allylic oxidation sites excluding steroid dienone is 3. The Bertz CT molecular complexity index is 1490. The van der Waals surface area contributed by atoms with Gasteiger partial charge in [-0.25, -0.2) is 9.38 Å². The van der Waals surface area contributed by atoms with E-state index in [2.05, 4.69) is 31.1 Å². The molecule has 3 saturated heterocycles. The number of fused-ring (bicyclic) bond motifs is 2. The fraction of sp³-hybridized carbons (Fsp3) is 0.448. The smallest absolute Gasteiger partial charge is 0.378 e. The molecule has 43 heavy (non-hydrogen) atoms. The monoisotopic (exact) mass is 665 g/mol. The van der Waals surface area contributed by atoms with Gasteiger partial charge in [-0.05, 0) is 24.6 Å². The van der Waals surface area contributed by atoms with Gasteiger partial charge in [-0.3, -0.25) is 19.3 Å². The van der Waals surface area contributed by atoms with E-state index in [1.54, 1.807) is 4.90 Å². The van der Waals surface area contributed by atoms with Crippen LogP contribution >= 0.6 is 15.9 Å². The van der Waals surface area contributed by atoms with E-state index >= 15 is 0 Å². The Kier molecular flexibility index (Phi) is 8.03. The highest BCUT2D eigenvalue weighted by Gasteiger charge is 2.41. The van der Waals surface area contributed by atoms with Crippen molar-refractivity contribution in [1.29, 1.82) is 0 Å². The lowest BCUT2D eigenvalue weighted by Gasteiger charge is -2.44. The molecule has 0 saturated carbocycles. The van der Waals surface area contributed by atoms with E-state index in [4.69, 9.17) is 4.74 Å². The van der Waals surface area contributed by atoms with Gasteiger partial charge in [-0.2, -0.15) is 13.2 Å². The SMILES string of the molecule is O=C1C=C(C(=O)N[C@@H]2CCN(c3c(C(=O)N4CCN5CCOCC5C4)cc(Br)cc3C(F)(F)F)C2)C2=CC=CC(F)C2=N1. The molecule has 9 nitrogen and oxygen atoms in total. The van der Waals surface area contributed by atoms with E-state index in [0.29, 0.717) is 32.8 Å². The summed E-state index contributed by atoms with van der Waals surface area (Å²) in [4.78, 5) is 48.1. The van der Waals surface area contributed by atoms with Crippen LogP contribution in [0.15, 0.2) is 57.0 Å². The molecule has 1 N–H and O–H groups in total. The van der Waals surface area contributed by atoms with Crippen molar-refractivity contribution in [3.63, 3.8) is 0 Å². The molecule has 4 aliphatic heterocycles. The quantitative estimate of drug-likeness (QED) is 0.497. The third-order valence-corrected chi connectivity index (χ3v) is 8.75. The predicted molar refractivity (Wildman–Crippen MR) is 153 cm³/mol. The van der Waals surface area contributed by atoms with Crippen LogP contribution in [0, 0.1) is 0 Å². The topological polar surface area (TPSA) is 94.5 Å². The number of benzene rings is 1. The average Bonchev–Trinajstić information content (AvgIpc) is 3.43. The summed E-state index contributed by atoms with van der Waals surface area (Å²) in [6.07, 6.45) is -0.945. The number of hydrogen-bond acceptors (Lipinski definition) is 6. The van der Waals surface area contributed by atoms with Gasteiger partial charge in [0.2, 0.25) is 0 Å². The number of carbonyl (C=O) groups excluding carboxylic acids is 3. The Morgan fingerprint density at radius 3 is 2.72 bits per heavy atom.